The number of amides is 2. The van der Waals surface area contributed by atoms with Crippen LogP contribution in [0.15, 0.2) is 35.7 Å². The van der Waals surface area contributed by atoms with E-state index in [0.717, 1.165) is 55.3 Å². The molecule has 2 aliphatic rings. The summed E-state index contributed by atoms with van der Waals surface area (Å²) in [4.78, 5) is 12.6. The fraction of sp³-hybridized carbons (Fsp3) is 0.318. The van der Waals surface area contributed by atoms with E-state index < -0.39 is 16.1 Å². The minimum atomic E-state index is -4.03. The van der Waals surface area contributed by atoms with E-state index in [-0.39, 0.29) is 4.90 Å². The van der Waals surface area contributed by atoms with Gasteiger partial charge in [-0.05, 0) is 79.0 Å². The van der Waals surface area contributed by atoms with Crippen LogP contribution in [0.1, 0.15) is 40.7 Å². The molecule has 29 heavy (non-hydrogen) atoms. The fourth-order valence-electron chi connectivity index (χ4n) is 4.33. The number of ether oxygens (including phenoxy) is 1. The number of fused-ring (bicyclic) bond motifs is 2. The Kier molecular flexibility index (Phi) is 5.08. The minimum Gasteiger partial charge on any atom is -0.496 e. The maximum Gasteiger partial charge on any atom is 0.333 e. The van der Waals surface area contributed by atoms with Gasteiger partial charge in [-0.1, -0.05) is 18.7 Å². The highest BCUT2D eigenvalue weighted by Gasteiger charge is 2.26. The average molecular weight is 413 g/mol. The van der Waals surface area contributed by atoms with E-state index in [1.807, 2.05) is 0 Å². The number of nitrogens with one attached hydrogen (secondary N) is 2. The van der Waals surface area contributed by atoms with Gasteiger partial charge in [-0.25, -0.2) is 17.9 Å². The molecule has 0 saturated carbocycles. The summed E-state index contributed by atoms with van der Waals surface area (Å²) in [7, 11) is -2.53. The summed E-state index contributed by atoms with van der Waals surface area (Å²) in [5, 5.41) is 2.85. The van der Waals surface area contributed by atoms with E-state index in [0.29, 0.717) is 11.3 Å². The Bertz CT molecular complexity index is 1070. The molecule has 2 aromatic carbocycles. The molecule has 0 atom stereocenters. The molecule has 0 radical (unpaired) electrons. The van der Waals surface area contributed by atoms with Crippen molar-refractivity contribution in [1.29, 1.82) is 0 Å². The zero-order chi connectivity index (χ0) is 20.6. The van der Waals surface area contributed by atoms with Gasteiger partial charge < -0.3 is 10.1 Å². The molecular weight excluding hydrogens is 388 g/mol. The van der Waals surface area contributed by atoms with Gasteiger partial charge in [-0.3, -0.25) is 0 Å². The first-order chi connectivity index (χ1) is 13.9. The molecule has 0 bridgehead atoms. The maximum absolute atomic E-state index is 12.7. The number of methoxy groups -OCH3 is 1. The van der Waals surface area contributed by atoms with Gasteiger partial charge in [0.2, 0.25) is 0 Å². The maximum atomic E-state index is 12.7. The van der Waals surface area contributed by atoms with E-state index >= 15 is 0 Å². The van der Waals surface area contributed by atoms with Crippen LogP contribution in [0.25, 0.3) is 6.08 Å². The smallest absolute Gasteiger partial charge is 0.333 e. The molecule has 152 valence electrons. The Hall–Kier alpha value is -2.80. The van der Waals surface area contributed by atoms with Gasteiger partial charge in [0.1, 0.15) is 5.75 Å². The van der Waals surface area contributed by atoms with Gasteiger partial charge in [0, 0.05) is 11.3 Å². The molecule has 2 aromatic rings. The van der Waals surface area contributed by atoms with Crippen LogP contribution in [0, 0.1) is 0 Å². The summed E-state index contributed by atoms with van der Waals surface area (Å²) < 4.78 is 32.8. The molecule has 2 amide bonds. The molecule has 2 N–H and O–H groups in total. The second-order valence-corrected chi connectivity index (χ2v) is 9.08. The predicted molar refractivity (Wildman–Crippen MR) is 113 cm³/mol. The summed E-state index contributed by atoms with van der Waals surface area (Å²) in [5.74, 6) is 0.513. The normalized spacial score (nSPS) is 14.8. The molecule has 7 heteroatoms. The van der Waals surface area contributed by atoms with Crippen LogP contribution in [-0.2, 0) is 35.7 Å². The van der Waals surface area contributed by atoms with Crippen LogP contribution < -0.4 is 14.8 Å². The first-order valence-corrected chi connectivity index (χ1v) is 11.2. The van der Waals surface area contributed by atoms with E-state index in [9.17, 15) is 13.2 Å². The summed E-state index contributed by atoms with van der Waals surface area (Å²) in [5.41, 5.74) is 6.19. The second-order valence-electron chi connectivity index (χ2n) is 7.40. The molecule has 0 unspecified atom stereocenters. The molecule has 0 aromatic heterocycles. The van der Waals surface area contributed by atoms with Gasteiger partial charge in [-0.2, -0.15) is 0 Å². The molecule has 6 nitrogen and oxygen atoms in total. The summed E-state index contributed by atoms with van der Waals surface area (Å²) >= 11 is 0. The molecule has 4 rings (SSSR count). The largest absolute Gasteiger partial charge is 0.496 e. The van der Waals surface area contributed by atoms with Gasteiger partial charge in [0.25, 0.3) is 10.0 Å². The van der Waals surface area contributed by atoms with Gasteiger partial charge in [0.05, 0.1) is 12.0 Å². The highest BCUT2D eigenvalue weighted by molar-refractivity contribution is 7.90. The lowest BCUT2D eigenvalue weighted by Crippen LogP contribution is -2.35. The summed E-state index contributed by atoms with van der Waals surface area (Å²) in [6, 6.07) is 5.90. The fourth-order valence-corrected chi connectivity index (χ4v) is 5.27. The van der Waals surface area contributed by atoms with Gasteiger partial charge in [-0.15, -0.1) is 0 Å². The van der Waals surface area contributed by atoms with Crippen molar-refractivity contribution in [2.75, 3.05) is 12.4 Å². The van der Waals surface area contributed by atoms with Crippen LogP contribution in [-0.4, -0.2) is 21.6 Å². The standard InChI is InChI=1S/C22H24N2O4S/c1-3-14-13-17(10-11-20(14)28-2)29(26,27)24-22(25)23-21-18-8-4-6-15(18)12-16-7-5-9-19(16)21/h3,10-13H,1,4-9H2,2H3,(H2,23,24,25). The summed E-state index contributed by atoms with van der Waals surface area (Å²) in [6.07, 6.45) is 7.46. The first-order valence-electron chi connectivity index (χ1n) is 9.73. The monoisotopic (exact) mass is 412 g/mol. The third-order valence-electron chi connectivity index (χ3n) is 5.67. The number of anilines is 1. The number of hydrogen-bond acceptors (Lipinski definition) is 4. The minimum absolute atomic E-state index is 0.0214. The average Bonchev–Trinajstić information content (AvgIpc) is 3.36. The zero-order valence-corrected chi connectivity index (χ0v) is 17.2. The molecule has 0 aliphatic heterocycles. The lowest BCUT2D eigenvalue weighted by atomic mass is 9.99. The number of sulfonamides is 1. The van der Waals surface area contributed by atoms with Gasteiger partial charge >= 0.3 is 6.03 Å². The van der Waals surface area contributed by atoms with Crippen LogP contribution in [0.4, 0.5) is 10.5 Å². The van der Waals surface area contributed by atoms with Crippen molar-refractivity contribution in [3.05, 3.63) is 58.7 Å². The van der Waals surface area contributed by atoms with Crippen molar-refractivity contribution in [1.82, 2.24) is 4.72 Å². The molecule has 0 fully saturated rings. The third-order valence-corrected chi connectivity index (χ3v) is 7.00. The van der Waals surface area contributed by atoms with Crippen molar-refractivity contribution < 1.29 is 17.9 Å². The number of urea groups is 1. The molecule has 0 spiro atoms. The Morgan fingerprint density at radius 3 is 2.31 bits per heavy atom. The van der Waals surface area contributed by atoms with E-state index in [2.05, 4.69) is 22.7 Å². The molecule has 0 heterocycles. The number of benzene rings is 2. The van der Waals surface area contributed by atoms with E-state index in [1.54, 1.807) is 6.07 Å². The summed E-state index contributed by atoms with van der Waals surface area (Å²) in [6.45, 7) is 3.67. The Morgan fingerprint density at radius 1 is 1.07 bits per heavy atom. The third kappa shape index (κ3) is 3.62. The van der Waals surface area contributed by atoms with Crippen LogP contribution >= 0.6 is 0 Å². The lowest BCUT2D eigenvalue weighted by molar-refractivity contribution is 0.256. The molecular formula is C22H24N2O4S. The van der Waals surface area contributed by atoms with Crippen molar-refractivity contribution in [2.45, 2.75) is 43.4 Å². The number of rotatable bonds is 5. The Morgan fingerprint density at radius 2 is 1.72 bits per heavy atom. The predicted octanol–water partition coefficient (Wildman–Crippen LogP) is 3.83. The SMILES string of the molecule is C=Cc1cc(S(=O)(=O)NC(=O)Nc2c3c(cc4c2CCC4)CCC3)ccc1OC. The van der Waals surface area contributed by atoms with Crippen LogP contribution in [0.3, 0.4) is 0 Å². The first kappa shape index (κ1) is 19.5. The second kappa shape index (κ2) is 7.55. The highest BCUT2D eigenvalue weighted by Crippen LogP contribution is 2.38. The van der Waals surface area contributed by atoms with E-state index in [1.165, 1.54) is 36.4 Å². The highest BCUT2D eigenvalue weighted by atomic mass is 32.2. The number of hydrogen-bond donors (Lipinski definition) is 2. The Labute approximate surface area is 171 Å². The Balaban J connectivity index is 1.59. The zero-order valence-electron chi connectivity index (χ0n) is 16.4. The number of carbonyl (C=O) groups excluding carboxylic acids is 1. The van der Waals surface area contributed by atoms with E-state index in [4.69, 9.17) is 4.74 Å². The van der Waals surface area contributed by atoms with Crippen LogP contribution in [0.5, 0.6) is 5.75 Å². The van der Waals surface area contributed by atoms with Crippen molar-refractivity contribution in [3.8, 4) is 5.75 Å². The lowest BCUT2D eigenvalue weighted by Gasteiger charge is -2.17. The molecule has 0 saturated heterocycles. The van der Waals surface area contributed by atoms with Crippen molar-refractivity contribution in [3.63, 3.8) is 0 Å². The number of carbonyl (C=O) groups is 1. The quantitative estimate of drug-likeness (QED) is 0.782. The van der Waals surface area contributed by atoms with Gasteiger partial charge in [0.15, 0.2) is 0 Å². The van der Waals surface area contributed by atoms with Crippen LogP contribution in [0.2, 0.25) is 0 Å². The van der Waals surface area contributed by atoms with Crippen molar-refractivity contribution >= 4 is 27.8 Å². The number of aryl methyl sites for hydroxylation is 2. The topological polar surface area (TPSA) is 84.5 Å². The molecule has 2 aliphatic carbocycles. The van der Waals surface area contributed by atoms with Crippen molar-refractivity contribution in [2.24, 2.45) is 0 Å².